The Bertz CT molecular complexity index is 1200. The first-order chi connectivity index (χ1) is 13.5. The molecule has 1 N–H and O–H groups in total. The fraction of sp³-hybridized carbons (Fsp3) is 0.0556. The van der Waals surface area contributed by atoms with E-state index in [0.717, 1.165) is 0 Å². The molecule has 0 atom stereocenters. The summed E-state index contributed by atoms with van der Waals surface area (Å²) in [6.45, 7) is 0.317. The predicted molar refractivity (Wildman–Crippen MR) is 109 cm³/mol. The molecule has 1 aliphatic heterocycles. The summed E-state index contributed by atoms with van der Waals surface area (Å²) in [7, 11) is 0. The smallest absolute Gasteiger partial charge is 0.270 e. The number of aromatic nitrogens is 1. The molecule has 10 heteroatoms. The van der Waals surface area contributed by atoms with Crippen molar-refractivity contribution in [2.45, 2.75) is 6.54 Å². The molecule has 0 saturated heterocycles. The van der Waals surface area contributed by atoms with E-state index in [4.69, 9.17) is 16.6 Å². The van der Waals surface area contributed by atoms with Gasteiger partial charge in [0, 0.05) is 23.3 Å². The molecule has 0 bridgehead atoms. The highest BCUT2D eigenvalue weighted by Crippen LogP contribution is 2.30. The number of non-ortho nitro benzene ring substituents is 1. The molecule has 28 heavy (non-hydrogen) atoms. The topological polar surface area (TPSA) is 106 Å². The summed E-state index contributed by atoms with van der Waals surface area (Å²) in [6, 6.07) is 9.72. The van der Waals surface area contributed by atoms with Crippen LogP contribution in [0.1, 0.15) is 16.2 Å². The van der Waals surface area contributed by atoms with Gasteiger partial charge in [-0.15, -0.1) is 16.4 Å². The number of thiazole rings is 1. The SMILES string of the molecule is O=[N+]([O-])c1cccc(C2=NN=C/C2=C/c2sc(=S)n(Cc3ccco3)c2O)c1. The molecule has 0 fully saturated rings. The van der Waals surface area contributed by atoms with Gasteiger partial charge in [-0.2, -0.15) is 5.10 Å². The number of hydrogen-bond donors (Lipinski definition) is 1. The van der Waals surface area contributed by atoms with Crippen molar-refractivity contribution in [2.24, 2.45) is 10.2 Å². The second-order valence-corrected chi connectivity index (χ2v) is 7.50. The highest BCUT2D eigenvalue weighted by atomic mass is 32.1. The molecule has 0 radical (unpaired) electrons. The van der Waals surface area contributed by atoms with E-state index in [1.807, 2.05) is 0 Å². The van der Waals surface area contributed by atoms with Gasteiger partial charge in [0.15, 0.2) is 3.95 Å². The minimum atomic E-state index is -0.463. The second-order valence-electron chi connectivity index (χ2n) is 5.82. The summed E-state index contributed by atoms with van der Waals surface area (Å²) in [6.07, 6.45) is 4.80. The second kappa shape index (κ2) is 7.33. The number of rotatable bonds is 5. The maximum absolute atomic E-state index is 11.0. The Hall–Kier alpha value is -3.37. The average molecular weight is 412 g/mol. The summed E-state index contributed by atoms with van der Waals surface area (Å²) in [5, 5.41) is 29.6. The lowest BCUT2D eigenvalue weighted by molar-refractivity contribution is -0.384. The van der Waals surface area contributed by atoms with Crippen molar-refractivity contribution >= 4 is 47.2 Å². The first-order valence-corrected chi connectivity index (χ1v) is 9.28. The number of furan rings is 1. The van der Waals surface area contributed by atoms with Crippen LogP contribution in [0.15, 0.2) is 62.9 Å². The number of benzene rings is 1. The van der Waals surface area contributed by atoms with Crippen LogP contribution in [0.25, 0.3) is 6.08 Å². The minimum Gasteiger partial charge on any atom is -0.493 e. The van der Waals surface area contributed by atoms with Crippen molar-refractivity contribution in [3.8, 4) is 5.88 Å². The van der Waals surface area contributed by atoms with Gasteiger partial charge in [0.1, 0.15) is 11.5 Å². The van der Waals surface area contributed by atoms with Crippen LogP contribution < -0.4 is 0 Å². The molecular weight excluding hydrogens is 400 g/mol. The number of aromatic hydroxyl groups is 1. The summed E-state index contributed by atoms with van der Waals surface area (Å²) in [4.78, 5) is 11.1. The Kier molecular flexibility index (Phi) is 4.72. The molecular formula is C18H12N4O4S2. The zero-order valence-corrected chi connectivity index (χ0v) is 15.8. The zero-order valence-electron chi connectivity index (χ0n) is 14.2. The fourth-order valence-electron chi connectivity index (χ4n) is 2.71. The van der Waals surface area contributed by atoms with E-state index >= 15 is 0 Å². The van der Waals surface area contributed by atoms with E-state index in [-0.39, 0.29) is 11.6 Å². The third kappa shape index (κ3) is 3.42. The van der Waals surface area contributed by atoms with Crippen molar-refractivity contribution in [3.05, 3.63) is 78.5 Å². The van der Waals surface area contributed by atoms with Crippen LogP contribution in [-0.2, 0) is 6.54 Å². The van der Waals surface area contributed by atoms with Crippen LogP contribution >= 0.6 is 23.6 Å². The highest BCUT2D eigenvalue weighted by molar-refractivity contribution is 7.73. The van der Waals surface area contributed by atoms with Crippen LogP contribution in [-0.4, -0.2) is 26.5 Å². The third-order valence-corrected chi connectivity index (χ3v) is 5.42. The van der Waals surface area contributed by atoms with Crippen molar-refractivity contribution < 1.29 is 14.4 Å². The molecule has 0 unspecified atom stereocenters. The molecule has 4 rings (SSSR count). The Morgan fingerprint density at radius 2 is 2.21 bits per heavy atom. The first kappa shape index (κ1) is 18.0. The third-order valence-electron chi connectivity index (χ3n) is 4.03. The van der Waals surface area contributed by atoms with Gasteiger partial charge in [-0.05, 0) is 30.4 Å². The Morgan fingerprint density at radius 1 is 1.36 bits per heavy atom. The maximum Gasteiger partial charge on any atom is 0.270 e. The lowest BCUT2D eigenvalue weighted by atomic mass is 10.0. The van der Waals surface area contributed by atoms with Gasteiger partial charge >= 0.3 is 0 Å². The number of allylic oxidation sites excluding steroid dienone is 1. The van der Waals surface area contributed by atoms with Crippen LogP contribution in [0.4, 0.5) is 5.69 Å². The van der Waals surface area contributed by atoms with Crippen molar-refractivity contribution in [3.63, 3.8) is 0 Å². The maximum atomic E-state index is 11.0. The molecule has 3 aromatic rings. The lowest BCUT2D eigenvalue weighted by Gasteiger charge is -2.03. The van der Waals surface area contributed by atoms with E-state index in [1.165, 1.54) is 29.7 Å². The normalized spacial score (nSPS) is 14.6. The van der Waals surface area contributed by atoms with Crippen LogP contribution in [0.5, 0.6) is 5.88 Å². The van der Waals surface area contributed by atoms with Gasteiger partial charge < -0.3 is 9.52 Å². The molecule has 0 saturated carbocycles. The Balaban J connectivity index is 1.68. The van der Waals surface area contributed by atoms with Gasteiger partial charge in [0.25, 0.3) is 5.69 Å². The lowest BCUT2D eigenvalue weighted by Crippen LogP contribution is -2.03. The molecule has 1 aliphatic rings. The molecule has 0 spiro atoms. The summed E-state index contributed by atoms with van der Waals surface area (Å²) in [5.74, 6) is 0.683. The van der Waals surface area contributed by atoms with Gasteiger partial charge in [-0.25, -0.2) is 0 Å². The molecule has 3 heterocycles. The number of hydrogen-bond acceptors (Lipinski definition) is 8. The van der Waals surface area contributed by atoms with E-state index < -0.39 is 4.92 Å². The van der Waals surface area contributed by atoms with E-state index in [9.17, 15) is 15.2 Å². The van der Waals surface area contributed by atoms with Crippen LogP contribution in [0, 0.1) is 14.1 Å². The monoisotopic (exact) mass is 412 g/mol. The van der Waals surface area contributed by atoms with Crippen molar-refractivity contribution in [2.75, 3.05) is 0 Å². The zero-order chi connectivity index (χ0) is 19.7. The van der Waals surface area contributed by atoms with Gasteiger partial charge in [-0.1, -0.05) is 12.1 Å². The van der Waals surface area contributed by atoms with Gasteiger partial charge in [-0.3, -0.25) is 14.7 Å². The summed E-state index contributed by atoms with van der Waals surface area (Å²) in [5.41, 5.74) is 1.64. The van der Waals surface area contributed by atoms with Gasteiger partial charge in [0.05, 0.1) is 28.8 Å². The molecule has 140 valence electrons. The highest BCUT2D eigenvalue weighted by Gasteiger charge is 2.19. The first-order valence-electron chi connectivity index (χ1n) is 8.06. The van der Waals surface area contributed by atoms with E-state index in [2.05, 4.69) is 10.2 Å². The van der Waals surface area contributed by atoms with Crippen LogP contribution in [0.2, 0.25) is 0 Å². The quantitative estimate of drug-likeness (QED) is 0.380. The Morgan fingerprint density at radius 3 is 2.96 bits per heavy atom. The molecule has 0 amide bonds. The van der Waals surface area contributed by atoms with E-state index in [0.29, 0.717) is 38.0 Å². The van der Waals surface area contributed by atoms with Gasteiger partial charge in [0.2, 0.25) is 5.88 Å². The Labute approximate surface area is 167 Å². The summed E-state index contributed by atoms with van der Waals surface area (Å²) >= 11 is 6.59. The number of nitro groups is 1. The molecule has 1 aromatic carbocycles. The van der Waals surface area contributed by atoms with Crippen LogP contribution in [0.3, 0.4) is 0 Å². The molecule has 0 aliphatic carbocycles. The van der Waals surface area contributed by atoms with Crippen molar-refractivity contribution in [1.29, 1.82) is 0 Å². The standard InChI is InChI=1S/C18H12N4O4S2/c23-17-15(28-18(27)21(17)10-14-5-2-6-26-14)8-12-9-19-20-16(12)11-3-1-4-13(7-11)22(24)25/h1-9,23H,10H2/b12-8-. The summed E-state index contributed by atoms with van der Waals surface area (Å²) < 4.78 is 7.37. The number of nitrogens with zero attached hydrogens (tertiary/aromatic N) is 4. The van der Waals surface area contributed by atoms with Crippen molar-refractivity contribution in [1.82, 2.24) is 4.57 Å². The number of nitro benzene ring substituents is 1. The minimum absolute atomic E-state index is 0.0117. The average Bonchev–Trinajstić information content (AvgIpc) is 3.41. The van der Waals surface area contributed by atoms with E-state index in [1.54, 1.807) is 41.2 Å². The largest absolute Gasteiger partial charge is 0.493 e. The predicted octanol–water partition coefficient (Wildman–Crippen LogP) is 4.41. The molecule has 8 nitrogen and oxygen atoms in total. The fourth-order valence-corrected chi connectivity index (χ4v) is 3.97. The molecule has 2 aromatic heterocycles.